The fourth-order valence-corrected chi connectivity index (χ4v) is 5.60. The van der Waals surface area contributed by atoms with E-state index in [0.29, 0.717) is 31.2 Å². The number of nitrogens with zero attached hydrogens (tertiary/aromatic N) is 5. The molecule has 3 aromatic heterocycles. The molecule has 0 spiro atoms. The number of aromatic amines is 1. The monoisotopic (exact) mass is 602 g/mol. The second-order valence-corrected chi connectivity index (χ2v) is 12.6. The maximum absolute atomic E-state index is 14.2. The highest BCUT2D eigenvalue weighted by molar-refractivity contribution is 6.30. The summed E-state index contributed by atoms with van der Waals surface area (Å²) in [5, 5.41) is 1.62. The number of hydrogen-bond acceptors (Lipinski definition) is 6. The zero-order valence-electron chi connectivity index (χ0n) is 25.4. The number of piperazine rings is 1. The highest BCUT2D eigenvalue weighted by Gasteiger charge is 2.34. The summed E-state index contributed by atoms with van der Waals surface area (Å²) >= 11 is 6.19. The molecule has 43 heavy (non-hydrogen) atoms. The summed E-state index contributed by atoms with van der Waals surface area (Å²) in [6.07, 6.45) is 6.96. The number of benzene rings is 1. The molecule has 226 valence electrons. The Morgan fingerprint density at radius 1 is 1.05 bits per heavy atom. The van der Waals surface area contributed by atoms with Crippen molar-refractivity contribution >= 4 is 40.3 Å². The van der Waals surface area contributed by atoms with Crippen LogP contribution >= 0.6 is 11.6 Å². The third kappa shape index (κ3) is 6.94. The normalized spacial score (nSPS) is 14.7. The fourth-order valence-electron chi connectivity index (χ4n) is 5.47. The third-order valence-electron chi connectivity index (χ3n) is 7.64. The highest BCUT2D eigenvalue weighted by Crippen LogP contribution is 2.37. The zero-order chi connectivity index (χ0) is 30.7. The van der Waals surface area contributed by atoms with E-state index in [1.165, 1.54) is 0 Å². The lowest BCUT2D eigenvalue weighted by atomic mass is 9.95. The number of carbonyl (C=O) groups excluding carboxylic acids is 2. The molecule has 1 aliphatic heterocycles. The number of carbonyl (C=O) groups is 2. The number of nitrogens with one attached hydrogen (secondary N) is 1. The highest BCUT2D eigenvalue weighted by atomic mass is 35.5. The number of fused-ring (bicyclic) bond motifs is 1. The Hall–Kier alpha value is -4.11. The number of rotatable bonds is 7. The van der Waals surface area contributed by atoms with Crippen molar-refractivity contribution in [1.29, 1.82) is 0 Å². The number of H-pyrrole nitrogens is 1. The SMILES string of the molecule is CC(C)N(CC(C(=O)N1CCN(c2c(-c3cccnc3)cnc3[nH]ccc23)CC1)c1ccc(Cl)cc1)C(=O)OC(C)(C)C. The van der Waals surface area contributed by atoms with Gasteiger partial charge in [-0.15, -0.1) is 0 Å². The lowest BCUT2D eigenvalue weighted by molar-refractivity contribution is -0.133. The first-order valence-corrected chi connectivity index (χ1v) is 15.0. The van der Waals surface area contributed by atoms with Gasteiger partial charge in [0.2, 0.25) is 5.91 Å². The van der Waals surface area contributed by atoms with Crippen molar-refractivity contribution in [3.05, 3.63) is 77.8 Å². The third-order valence-corrected chi connectivity index (χ3v) is 7.89. The van der Waals surface area contributed by atoms with E-state index < -0.39 is 17.6 Å². The van der Waals surface area contributed by atoms with Gasteiger partial charge in [0.05, 0.1) is 11.6 Å². The van der Waals surface area contributed by atoms with Gasteiger partial charge in [-0.3, -0.25) is 9.78 Å². The lowest BCUT2D eigenvalue weighted by Crippen LogP contribution is -2.52. The first-order valence-electron chi connectivity index (χ1n) is 14.7. The molecule has 1 unspecified atom stereocenters. The maximum Gasteiger partial charge on any atom is 0.410 e. The fraction of sp³-hybridized carbons (Fsp3) is 0.394. The summed E-state index contributed by atoms with van der Waals surface area (Å²) in [5.41, 5.74) is 4.06. The van der Waals surface area contributed by atoms with Gasteiger partial charge in [-0.1, -0.05) is 29.8 Å². The lowest BCUT2D eigenvalue weighted by Gasteiger charge is -2.39. The van der Waals surface area contributed by atoms with Crippen molar-refractivity contribution in [2.24, 2.45) is 0 Å². The van der Waals surface area contributed by atoms with E-state index in [1.54, 1.807) is 23.2 Å². The largest absolute Gasteiger partial charge is 0.444 e. The summed E-state index contributed by atoms with van der Waals surface area (Å²) in [5.74, 6) is -0.591. The van der Waals surface area contributed by atoms with E-state index in [-0.39, 0.29) is 18.5 Å². The number of halogens is 1. The van der Waals surface area contributed by atoms with Gasteiger partial charge < -0.3 is 24.4 Å². The van der Waals surface area contributed by atoms with Crippen molar-refractivity contribution in [2.45, 2.75) is 52.2 Å². The number of pyridine rings is 2. The molecule has 0 saturated carbocycles. The summed E-state index contributed by atoms with van der Waals surface area (Å²) in [4.78, 5) is 45.5. The van der Waals surface area contributed by atoms with Crippen LogP contribution in [0.4, 0.5) is 10.5 Å². The van der Waals surface area contributed by atoms with Crippen molar-refractivity contribution < 1.29 is 14.3 Å². The maximum atomic E-state index is 14.2. The average molecular weight is 603 g/mol. The Bertz CT molecular complexity index is 1560. The van der Waals surface area contributed by atoms with Crippen LogP contribution in [0.15, 0.2) is 67.3 Å². The molecule has 10 heteroatoms. The predicted molar refractivity (Wildman–Crippen MR) is 170 cm³/mol. The number of hydrogen-bond donors (Lipinski definition) is 1. The Balaban J connectivity index is 1.39. The van der Waals surface area contributed by atoms with Crippen LogP contribution in [0, 0.1) is 0 Å². The van der Waals surface area contributed by atoms with Crippen LogP contribution in [0.1, 0.15) is 46.1 Å². The molecule has 1 atom stereocenters. The average Bonchev–Trinajstić information content (AvgIpc) is 3.46. The second-order valence-electron chi connectivity index (χ2n) is 12.1. The minimum atomic E-state index is -0.646. The summed E-state index contributed by atoms with van der Waals surface area (Å²) in [7, 11) is 0. The molecular formula is C33H39ClN6O3. The van der Waals surface area contributed by atoms with Crippen LogP contribution in [0.3, 0.4) is 0 Å². The molecule has 1 saturated heterocycles. The van der Waals surface area contributed by atoms with E-state index in [0.717, 1.165) is 33.4 Å². The molecule has 2 amide bonds. The molecule has 0 radical (unpaired) electrons. The van der Waals surface area contributed by atoms with Crippen LogP contribution in [0.2, 0.25) is 5.02 Å². The topological polar surface area (TPSA) is 94.7 Å². The van der Waals surface area contributed by atoms with Crippen LogP contribution < -0.4 is 4.90 Å². The number of aromatic nitrogens is 3. The van der Waals surface area contributed by atoms with E-state index in [2.05, 4.69) is 19.9 Å². The number of anilines is 1. The van der Waals surface area contributed by atoms with Crippen LogP contribution in [-0.2, 0) is 9.53 Å². The van der Waals surface area contributed by atoms with E-state index in [9.17, 15) is 9.59 Å². The molecule has 4 heterocycles. The van der Waals surface area contributed by atoms with Crippen molar-refractivity contribution in [3.8, 4) is 11.1 Å². The van der Waals surface area contributed by atoms with Gasteiger partial charge in [0.15, 0.2) is 0 Å². The van der Waals surface area contributed by atoms with Crippen molar-refractivity contribution in [3.63, 3.8) is 0 Å². The van der Waals surface area contributed by atoms with Crippen molar-refractivity contribution in [2.75, 3.05) is 37.6 Å². The quantitative estimate of drug-likeness (QED) is 0.265. The van der Waals surface area contributed by atoms with E-state index in [1.807, 2.05) is 88.4 Å². The second kappa shape index (κ2) is 12.6. The Morgan fingerprint density at radius 3 is 2.40 bits per heavy atom. The Labute approximate surface area is 257 Å². The summed E-state index contributed by atoms with van der Waals surface area (Å²) in [6.45, 7) is 12.0. The molecule has 1 aromatic carbocycles. The molecule has 5 rings (SSSR count). The van der Waals surface area contributed by atoms with Crippen LogP contribution in [0.25, 0.3) is 22.2 Å². The van der Waals surface area contributed by atoms with Gasteiger partial charge in [0.1, 0.15) is 11.2 Å². The standard InChI is InChI=1S/C33H39ClN6O3/c1-22(2)40(32(42)43-33(3,4)5)21-28(23-8-10-25(34)11-9-23)31(41)39-17-15-38(16-18-39)29-26-12-14-36-30(26)37-20-27(29)24-7-6-13-35-19-24/h6-14,19-20,22,28H,15-18,21H2,1-5H3,(H,36,37). The Kier molecular flexibility index (Phi) is 8.92. The van der Waals surface area contributed by atoms with E-state index in [4.69, 9.17) is 16.3 Å². The molecule has 0 aliphatic carbocycles. The predicted octanol–water partition coefficient (Wildman–Crippen LogP) is 6.36. The van der Waals surface area contributed by atoms with Gasteiger partial charge in [-0.25, -0.2) is 9.78 Å². The minimum absolute atomic E-state index is 0.0230. The van der Waals surface area contributed by atoms with Crippen molar-refractivity contribution in [1.82, 2.24) is 24.8 Å². The molecule has 1 N–H and O–H groups in total. The van der Waals surface area contributed by atoms with E-state index >= 15 is 0 Å². The molecule has 4 aromatic rings. The van der Waals surface area contributed by atoms with Gasteiger partial charge in [0.25, 0.3) is 0 Å². The number of ether oxygens (including phenoxy) is 1. The van der Waals surface area contributed by atoms with Gasteiger partial charge >= 0.3 is 6.09 Å². The molecular weight excluding hydrogens is 564 g/mol. The molecule has 9 nitrogen and oxygen atoms in total. The van der Waals surface area contributed by atoms with Gasteiger partial charge in [-0.2, -0.15) is 0 Å². The smallest absolute Gasteiger partial charge is 0.410 e. The summed E-state index contributed by atoms with van der Waals surface area (Å²) < 4.78 is 5.70. The van der Waals surface area contributed by atoms with Gasteiger partial charge in [-0.05, 0) is 64.4 Å². The first kappa shape index (κ1) is 30.4. The summed E-state index contributed by atoms with van der Waals surface area (Å²) in [6, 6.07) is 13.2. The zero-order valence-corrected chi connectivity index (χ0v) is 26.1. The minimum Gasteiger partial charge on any atom is -0.444 e. The molecule has 1 aliphatic rings. The number of amides is 2. The van der Waals surface area contributed by atoms with Crippen LogP contribution in [-0.4, -0.2) is 81.1 Å². The van der Waals surface area contributed by atoms with Gasteiger partial charge in [0, 0.05) is 85.1 Å². The molecule has 1 fully saturated rings. The van der Waals surface area contributed by atoms with Crippen LogP contribution in [0.5, 0.6) is 0 Å². The first-order chi connectivity index (χ1) is 20.5. The molecule has 0 bridgehead atoms. The Morgan fingerprint density at radius 2 is 1.77 bits per heavy atom.